The predicted octanol–water partition coefficient (Wildman–Crippen LogP) is 1.78. The molecule has 0 spiro atoms. The normalized spacial score (nSPS) is 24.1. The van der Waals surface area contributed by atoms with Crippen molar-refractivity contribution in [3.05, 3.63) is 17.5 Å². The Morgan fingerprint density at radius 1 is 1.39 bits per heavy atom. The minimum Gasteiger partial charge on any atom is -0.480 e. The number of carboxylic acid groups (broad SMARTS) is 1. The van der Waals surface area contributed by atoms with E-state index in [1.165, 1.54) is 0 Å². The van der Waals surface area contributed by atoms with Crippen LogP contribution in [-0.4, -0.2) is 33.6 Å². The number of nitrogens with zero attached hydrogens (tertiary/aromatic N) is 3. The van der Waals surface area contributed by atoms with Crippen LogP contribution in [0.2, 0.25) is 0 Å². The average molecular weight is 249 g/mol. The van der Waals surface area contributed by atoms with Gasteiger partial charge in [-0.3, -0.25) is 0 Å². The number of carbonyl (C=O) groups is 1. The summed E-state index contributed by atoms with van der Waals surface area (Å²) in [5.74, 6) is -0.114. The van der Waals surface area contributed by atoms with E-state index in [1.807, 2.05) is 31.7 Å². The second kappa shape index (κ2) is 4.92. The lowest BCUT2D eigenvalue weighted by Crippen LogP contribution is -2.50. The van der Waals surface area contributed by atoms with Crippen LogP contribution in [0.4, 0.5) is 5.95 Å². The van der Waals surface area contributed by atoms with Crippen LogP contribution in [0.25, 0.3) is 0 Å². The summed E-state index contributed by atoms with van der Waals surface area (Å²) in [6, 6.07) is 1.38. The van der Waals surface area contributed by atoms with E-state index >= 15 is 0 Å². The van der Waals surface area contributed by atoms with Crippen molar-refractivity contribution in [3.8, 4) is 0 Å². The highest BCUT2D eigenvalue weighted by atomic mass is 16.4. The minimum atomic E-state index is -0.787. The third kappa shape index (κ3) is 2.44. The highest BCUT2D eigenvalue weighted by Crippen LogP contribution is 2.27. The fourth-order valence-electron chi connectivity index (χ4n) is 2.62. The zero-order valence-corrected chi connectivity index (χ0v) is 11.1. The Bertz CT molecular complexity index is 441. The van der Waals surface area contributed by atoms with Gasteiger partial charge in [-0.2, -0.15) is 0 Å². The molecule has 0 aliphatic carbocycles. The Kier molecular flexibility index (Phi) is 3.50. The van der Waals surface area contributed by atoms with Gasteiger partial charge in [-0.25, -0.2) is 14.8 Å². The van der Waals surface area contributed by atoms with E-state index in [9.17, 15) is 9.90 Å². The Hall–Kier alpha value is -1.65. The highest BCUT2D eigenvalue weighted by molar-refractivity contribution is 5.78. The molecule has 98 valence electrons. The summed E-state index contributed by atoms with van der Waals surface area (Å²) in [6.45, 7) is 6.50. The van der Waals surface area contributed by atoms with Gasteiger partial charge >= 0.3 is 5.97 Å². The summed E-state index contributed by atoms with van der Waals surface area (Å²) in [5.41, 5.74) is 1.75. The Morgan fingerprint density at radius 3 is 2.56 bits per heavy atom. The first kappa shape index (κ1) is 12.8. The largest absolute Gasteiger partial charge is 0.480 e. The van der Waals surface area contributed by atoms with Crippen LogP contribution in [0, 0.1) is 19.8 Å². The van der Waals surface area contributed by atoms with Gasteiger partial charge in [0.1, 0.15) is 6.04 Å². The second-order valence-electron chi connectivity index (χ2n) is 5.05. The van der Waals surface area contributed by atoms with Gasteiger partial charge in [0.05, 0.1) is 0 Å². The van der Waals surface area contributed by atoms with E-state index in [2.05, 4.69) is 9.97 Å². The Morgan fingerprint density at radius 2 is 2.00 bits per heavy atom. The highest BCUT2D eigenvalue weighted by Gasteiger charge is 2.35. The number of anilines is 1. The van der Waals surface area contributed by atoms with E-state index in [4.69, 9.17) is 0 Å². The van der Waals surface area contributed by atoms with Gasteiger partial charge in [0.2, 0.25) is 5.95 Å². The SMILES string of the molecule is Cc1cc(C)nc(N2CCCC(C)C2C(=O)O)n1. The average Bonchev–Trinajstić information content (AvgIpc) is 2.26. The van der Waals surface area contributed by atoms with Crippen LogP contribution in [-0.2, 0) is 4.79 Å². The molecule has 2 atom stereocenters. The quantitative estimate of drug-likeness (QED) is 0.865. The van der Waals surface area contributed by atoms with Crippen molar-refractivity contribution in [1.29, 1.82) is 0 Å². The number of aromatic nitrogens is 2. The number of carboxylic acids is 1. The molecule has 2 unspecified atom stereocenters. The second-order valence-corrected chi connectivity index (χ2v) is 5.05. The smallest absolute Gasteiger partial charge is 0.326 e. The van der Waals surface area contributed by atoms with Crippen molar-refractivity contribution in [2.75, 3.05) is 11.4 Å². The molecule has 1 aliphatic heterocycles. The maximum absolute atomic E-state index is 11.4. The van der Waals surface area contributed by atoms with E-state index in [-0.39, 0.29) is 5.92 Å². The van der Waals surface area contributed by atoms with Gasteiger partial charge in [-0.05, 0) is 38.7 Å². The molecule has 1 N–H and O–H groups in total. The lowest BCUT2D eigenvalue weighted by molar-refractivity contribution is -0.140. The molecule has 2 rings (SSSR count). The number of aryl methyl sites for hydroxylation is 2. The van der Waals surface area contributed by atoms with Gasteiger partial charge < -0.3 is 10.0 Å². The third-order valence-electron chi connectivity index (χ3n) is 3.41. The molecule has 0 radical (unpaired) electrons. The molecule has 0 aromatic carbocycles. The van der Waals surface area contributed by atoms with Crippen molar-refractivity contribution >= 4 is 11.9 Å². The topological polar surface area (TPSA) is 66.3 Å². The van der Waals surface area contributed by atoms with Crippen molar-refractivity contribution in [3.63, 3.8) is 0 Å². The molecule has 18 heavy (non-hydrogen) atoms. The molecule has 0 saturated carbocycles. The fourth-order valence-corrected chi connectivity index (χ4v) is 2.62. The molecule has 1 aromatic heterocycles. The Balaban J connectivity index is 2.37. The molecule has 5 nitrogen and oxygen atoms in total. The summed E-state index contributed by atoms with van der Waals surface area (Å²) in [7, 11) is 0. The standard InChI is InChI=1S/C13H19N3O2/c1-8-5-4-6-16(11(8)12(17)18)13-14-9(2)7-10(3)15-13/h7-8,11H,4-6H2,1-3H3,(H,17,18). The molecule has 1 aromatic rings. The molecule has 0 amide bonds. The summed E-state index contributed by atoms with van der Waals surface area (Å²) in [4.78, 5) is 22.0. The first-order chi connectivity index (χ1) is 8.49. The van der Waals surface area contributed by atoms with Gasteiger partial charge in [0.25, 0.3) is 0 Å². The van der Waals surface area contributed by atoms with Crippen molar-refractivity contribution < 1.29 is 9.90 Å². The number of aliphatic carboxylic acids is 1. The van der Waals surface area contributed by atoms with Crippen LogP contribution >= 0.6 is 0 Å². The van der Waals surface area contributed by atoms with Crippen LogP contribution in [0.5, 0.6) is 0 Å². The first-order valence-corrected chi connectivity index (χ1v) is 6.31. The molecule has 1 saturated heterocycles. The molecular weight excluding hydrogens is 230 g/mol. The third-order valence-corrected chi connectivity index (χ3v) is 3.41. The molecular formula is C13H19N3O2. The van der Waals surface area contributed by atoms with Crippen molar-refractivity contribution in [2.45, 2.75) is 39.7 Å². The Labute approximate surface area is 107 Å². The van der Waals surface area contributed by atoms with Crippen LogP contribution in [0.15, 0.2) is 6.07 Å². The van der Waals surface area contributed by atoms with E-state index in [1.54, 1.807) is 0 Å². The lowest BCUT2D eigenvalue weighted by Gasteiger charge is -2.37. The van der Waals surface area contributed by atoms with Crippen LogP contribution in [0.3, 0.4) is 0 Å². The van der Waals surface area contributed by atoms with Gasteiger partial charge in [0, 0.05) is 17.9 Å². The first-order valence-electron chi connectivity index (χ1n) is 6.31. The molecule has 1 fully saturated rings. The maximum atomic E-state index is 11.4. The van der Waals surface area contributed by atoms with Gasteiger partial charge in [0.15, 0.2) is 0 Å². The number of hydrogen-bond donors (Lipinski definition) is 1. The number of hydrogen-bond acceptors (Lipinski definition) is 4. The van der Waals surface area contributed by atoms with Gasteiger partial charge in [-0.15, -0.1) is 0 Å². The predicted molar refractivity (Wildman–Crippen MR) is 68.7 cm³/mol. The number of piperidine rings is 1. The summed E-state index contributed by atoms with van der Waals surface area (Å²) >= 11 is 0. The monoisotopic (exact) mass is 249 g/mol. The van der Waals surface area contributed by atoms with E-state index < -0.39 is 12.0 Å². The molecule has 0 bridgehead atoms. The minimum absolute atomic E-state index is 0.126. The van der Waals surface area contributed by atoms with E-state index in [0.717, 1.165) is 24.2 Å². The fraction of sp³-hybridized carbons (Fsp3) is 0.615. The summed E-state index contributed by atoms with van der Waals surface area (Å²) < 4.78 is 0. The summed E-state index contributed by atoms with van der Waals surface area (Å²) in [6.07, 6.45) is 1.93. The van der Waals surface area contributed by atoms with Crippen LogP contribution in [0.1, 0.15) is 31.2 Å². The lowest BCUT2D eigenvalue weighted by atomic mass is 9.91. The van der Waals surface area contributed by atoms with E-state index in [0.29, 0.717) is 12.5 Å². The van der Waals surface area contributed by atoms with Crippen molar-refractivity contribution in [2.24, 2.45) is 5.92 Å². The summed E-state index contributed by atoms with van der Waals surface area (Å²) in [5, 5.41) is 9.38. The molecule has 5 heteroatoms. The van der Waals surface area contributed by atoms with Crippen LogP contribution < -0.4 is 4.90 Å². The van der Waals surface area contributed by atoms with Gasteiger partial charge in [-0.1, -0.05) is 6.92 Å². The zero-order valence-electron chi connectivity index (χ0n) is 11.1. The van der Waals surface area contributed by atoms with Crippen molar-refractivity contribution in [1.82, 2.24) is 9.97 Å². The number of rotatable bonds is 2. The molecule has 2 heterocycles. The molecule has 1 aliphatic rings. The maximum Gasteiger partial charge on any atom is 0.326 e. The zero-order chi connectivity index (χ0) is 13.3.